The van der Waals surface area contributed by atoms with Gasteiger partial charge < -0.3 is 15.0 Å². The second kappa shape index (κ2) is 11.3. The van der Waals surface area contributed by atoms with E-state index in [-0.39, 0.29) is 5.91 Å². The minimum Gasteiger partial charge on any atom is -0.462 e. The van der Waals surface area contributed by atoms with Crippen molar-refractivity contribution in [1.82, 2.24) is 4.90 Å². The first-order valence-corrected chi connectivity index (χ1v) is 12.2. The molecule has 7 heteroatoms. The third-order valence-corrected chi connectivity index (χ3v) is 6.53. The van der Waals surface area contributed by atoms with E-state index in [1.165, 1.54) is 5.56 Å². The Kier molecular flexibility index (Phi) is 7.98. The molecule has 176 valence electrons. The van der Waals surface area contributed by atoms with Crippen LogP contribution >= 0.6 is 15.9 Å². The van der Waals surface area contributed by atoms with Crippen molar-refractivity contribution in [1.29, 1.82) is 0 Å². The number of carbonyl (C=O) groups is 2. The van der Waals surface area contributed by atoms with Gasteiger partial charge in [-0.05, 0) is 58.7 Å². The van der Waals surface area contributed by atoms with Crippen molar-refractivity contribution in [3.05, 3.63) is 94.0 Å². The third-order valence-electron chi connectivity index (χ3n) is 5.84. The summed E-state index contributed by atoms with van der Waals surface area (Å²) < 4.78 is 5.88. The molecular weight excluding hydrogens is 494 g/mol. The molecule has 1 amide bonds. The van der Waals surface area contributed by atoms with Crippen LogP contribution in [-0.2, 0) is 11.3 Å². The van der Waals surface area contributed by atoms with Crippen LogP contribution in [0.4, 0.5) is 11.4 Å². The Morgan fingerprint density at radius 3 is 2.35 bits per heavy atom. The lowest BCUT2D eigenvalue weighted by Gasteiger charge is -2.37. The number of esters is 1. The number of nitrogens with one attached hydrogen (secondary N) is 1. The number of piperazine rings is 1. The molecule has 0 saturated carbocycles. The number of halogens is 1. The van der Waals surface area contributed by atoms with Crippen LogP contribution in [0.5, 0.6) is 0 Å². The smallest absolute Gasteiger partial charge is 0.338 e. The fourth-order valence-corrected chi connectivity index (χ4v) is 4.54. The Hall–Kier alpha value is -3.16. The van der Waals surface area contributed by atoms with Crippen molar-refractivity contribution >= 4 is 39.2 Å². The van der Waals surface area contributed by atoms with Crippen LogP contribution < -0.4 is 10.2 Å². The van der Waals surface area contributed by atoms with Gasteiger partial charge in [-0.3, -0.25) is 9.69 Å². The molecule has 0 bridgehead atoms. The summed E-state index contributed by atoms with van der Waals surface area (Å²) in [6, 6.07) is 23.1. The molecule has 1 heterocycles. The van der Waals surface area contributed by atoms with E-state index < -0.39 is 5.97 Å². The summed E-state index contributed by atoms with van der Waals surface area (Å²) in [7, 11) is 0. The molecule has 6 nitrogen and oxygen atoms in total. The first kappa shape index (κ1) is 24.0. The van der Waals surface area contributed by atoms with Gasteiger partial charge in [-0.1, -0.05) is 42.5 Å². The maximum Gasteiger partial charge on any atom is 0.338 e. The Balaban J connectivity index is 1.53. The van der Waals surface area contributed by atoms with Gasteiger partial charge in [-0.15, -0.1) is 0 Å². The number of benzene rings is 3. The summed E-state index contributed by atoms with van der Waals surface area (Å²) in [6.07, 6.45) is 0. The lowest BCUT2D eigenvalue weighted by Crippen LogP contribution is -2.46. The lowest BCUT2D eigenvalue weighted by molar-refractivity contribution is 0.0526. The van der Waals surface area contributed by atoms with E-state index in [0.29, 0.717) is 27.9 Å². The molecule has 1 aliphatic heterocycles. The topological polar surface area (TPSA) is 61.9 Å². The highest BCUT2D eigenvalue weighted by Crippen LogP contribution is 2.30. The summed E-state index contributed by atoms with van der Waals surface area (Å²) in [6.45, 7) is 6.45. The zero-order valence-electron chi connectivity index (χ0n) is 19.2. The van der Waals surface area contributed by atoms with Crippen molar-refractivity contribution in [3.63, 3.8) is 0 Å². The van der Waals surface area contributed by atoms with Gasteiger partial charge in [0.25, 0.3) is 5.91 Å². The van der Waals surface area contributed by atoms with Gasteiger partial charge >= 0.3 is 5.97 Å². The second-order valence-corrected chi connectivity index (χ2v) is 8.99. The minimum atomic E-state index is -0.405. The number of ether oxygens (including phenoxy) is 1. The highest BCUT2D eigenvalue weighted by Gasteiger charge is 2.22. The van der Waals surface area contributed by atoms with Crippen LogP contribution in [0.15, 0.2) is 77.3 Å². The maximum atomic E-state index is 13.0. The van der Waals surface area contributed by atoms with E-state index in [0.717, 1.165) is 38.4 Å². The van der Waals surface area contributed by atoms with Crippen LogP contribution in [0, 0.1) is 0 Å². The van der Waals surface area contributed by atoms with Crippen LogP contribution in [0.25, 0.3) is 0 Å². The van der Waals surface area contributed by atoms with Gasteiger partial charge in [0.05, 0.1) is 29.1 Å². The molecule has 1 aliphatic rings. The van der Waals surface area contributed by atoms with E-state index in [4.69, 9.17) is 4.74 Å². The third kappa shape index (κ3) is 5.85. The van der Waals surface area contributed by atoms with Crippen molar-refractivity contribution in [2.24, 2.45) is 0 Å². The quantitative estimate of drug-likeness (QED) is 0.433. The number of carbonyl (C=O) groups excluding carboxylic acids is 2. The number of amides is 1. The highest BCUT2D eigenvalue weighted by molar-refractivity contribution is 9.10. The van der Waals surface area contributed by atoms with Crippen molar-refractivity contribution in [2.45, 2.75) is 13.5 Å². The van der Waals surface area contributed by atoms with Crippen molar-refractivity contribution < 1.29 is 14.3 Å². The van der Waals surface area contributed by atoms with Crippen molar-refractivity contribution in [2.75, 3.05) is 43.0 Å². The highest BCUT2D eigenvalue weighted by atomic mass is 79.9. The zero-order chi connectivity index (χ0) is 23.9. The number of hydrogen-bond donors (Lipinski definition) is 1. The Morgan fingerprint density at radius 1 is 0.941 bits per heavy atom. The summed E-state index contributed by atoms with van der Waals surface area (Å²) in [5.74, 6) is -0.643. The first-order chi connectivity index (χ1) is 16.5. The molecular formula is C27H28BrN3O3. The van der Waals surface area contributed by atoms with Crippen LogP contribution in [0.3, 0.4) is 0 Å². The summed E-state index contributed by atoms with van der Waals surface area (Å²) >= 11 is 3.45. The standard InChI is InChI=1S/C27H28BrN3O3/c1-2-34-27(33)21-12-13-25(24(18-21)29-26(32)22-10-6-7-11-23(22)28)31-16-14-30(15-17-31)19-20-8-4-3-5-9-20/h3-13,18H,2,14-17,19H2,1H3,(H,29,32). The van der Waals surface area contributed by atoms with Crippen LogP contribution in [0.2, 0.25) is 0 Å². The minimum absolute atomic E-state index is 0.238. The van der Waals surface area contributed by atoms with Crippen LogP contribution in [0.1, 0.15) is 33.2 Å². The van der Waals surface area contributed by atoms with Crippen molar-refractivity contribution in [3.8, 4) is 0 Å². The molecule has 1 saturated heterocycles. The molecule has 3 aromatic rings. The lowest BCUT2D eigenvalue weighted by atomic mass is 10.1. The number of hydrogen-bond acceptors (Lipinski definition) is 5. The van der Waals surface area contributed by atoms with Gasteiger partial charge in [0.2, 0.25) is 0 Å². The number of nitrogens with zero attached hydrogens (tertiary/aromatic N) is 2. The Morgan fingerprint density at radius 2 is 1.65 bits per heavy atom. The number of anilines is 2. The van der Waals surface area contributed by atoms with Gasteiger partial charge in [-0.25, -0.2) is 4.79 Å². The molecule has 0 aromatic heterocycles. The molecule has 1 fully saturated rings. The fourth-order valence-electron chi connectivity index (χ4n) is 4.08. The predicted molar refractivity (Wildman–Crippen MR) is 138 cm³/mol. The molecule has 0 atom stereocenters. The summed E-state index contributed by atoms with van der Waals surface area (Å²) in [5, 5.41) is 3.02. The first-order valence-electron chi connectivity index (χ1n) is 11.4. The van der Waals surface area contributed by atoms with E-state index in [2.05, 4.69) is 55.3 Å². The fraction of sp³-hybridized carbons (Fsp3) is 0.259. The van der Waals surface area contributed by atoms with Crippen LogP contribution in [-0.4, -0.2) is 49.6 Å². The molecule has 1 N–H and O–H groups in total. The largest absolute Gasteiger partial charge is 0.462 e. The second-order valence-electron chi connectivity index (χ2n) is 8.14. The van der Waals surface area contributed by atoms with E-state index in [1.54, 1.807) is 25.1 Å². The summed E-state index contributed by atoms with van der Waals surface area (Å²) in [5.41, 5.74) is 3.74. The van der Waals surface area contributed by atoms with Gasteiger partial charge in [0.15, 0.2) is 0 Å². The molecule has 0 spiro atoms. The maximum absolute atomic E-state index is 13.0. The predicted octanol–water partition coefficient (Wildman–Crippen LogP) is 5.20. The molecule has 0 radical (unpaired) electrons. The molecule has 4 rings (SSSR count). The molecule has 0 aliphatic carbocycles. The monoisotopic (exact) mass is 521 g/mol. The molecule has 0 unspecified atom stereocenters. The van der Waals surface area contributed by atoms with Gasteiger partial charge in [-0.2, -0.15) is 0 Å². The van der Waals surface area contributed by atoms with Gasteiger partial charge in [0, 0.05) is 37.2 Å². The van der Waals surface area contributed by atoms with Gasteiger partial charge in [0.1, 0.15) is 0 Å². The zero-order valence-corrected chi connectivity index (χ0v) is 20.8. The number of rotatable bonds is 7. The molecule has 3 aromatic carbocycles. The molecule has 34 heavy (non-hydrogen) atoms. The Labute approximate surface area is 208 Å². The summed E-state index contributed by atoms with van der Waals surface area (Å²) in [4.78, 5) is 30.1. The Bertz CT molecular complexity index is 1140. The average molecular weight is 522 g/mol. The SMILES string of the molecule is CCOC(=O)c1ccc(N2CCN(Cc3ccccc3)CC2)c(NC(=O)c2ccccc2Br)c1. The van der Waals surface area contributed by atoms with E-state index >= 15 is 0 Å². The van der Waals surface area contributed by atoms with E-state index in [9.17, 15) is 9.59 Å². The normalized spacial score (nSPS) is 14.0. The van der Waals surface area contributed by atoms with E-state index in [1.807, 2.05) is 30.3 Å². The average Bonchev–Trinajstić information content (AvgIpc) is 2.85.